The molecule has 0 saturated carbocycles. The van der Waals surface area contributed by atoms with Gasteiger partial charge in [-0.3, -0.25) is 0 Å². The van der Waals surface area contributed by atoms with Crippen molar-refractivity contribution in [3.8, 4) is 0 Å². The Morgan fingerprint density at radius 1 is 0.947 bits per heavy atom. The maximum Gasteiger partial charge on any atom is 0.433 e. The van der Waals surface area contributed by atoms with Crippen LogP contribution >= 0.6 is 0 Å². The fourth-order valence-corrected chi connectivity index (χ4v) is 1.85. The van der Waals surface area contributed by atoms with E-state index < -0.39 is 24.2 Å². The van der Waals surface area contributed by atoms with Crippen LogP contribution in [0.15, 0.2) is 0 Å². The van der Waals surface area contributed by atoms with Gasteiger partial charge < -0.3 is 4.74 Å². The Morgan fingerprint density at radius 2 is 1.42 bits per heavy atom. The summed E-state index contributed by atoms with van der Waals surface area (Å²) in [4.78, 5) is 11.0. The Morgan fingerprint density at radius 3 is 1.84 bits per heavy atom. The second-order valence-corrected chi connectivity index (χ2v) is 4.66. The van der Waals surface area contributed by atoms with Crippen molar-refractivity contribution in [2.75, 3.05) is 7.11 Å². The van der Waals surface area contributed by atoms with Gasteiger partial charge in [-0.15, -0.1) is 0 Å². The molecule has 0 aliphatic carbocycles. The highest BCUT2D eigenvalue weighted by molar-refractivity contribution is 5.80. The molecule has 0 amide bonds. The van der Waals surface area contributed by atoms with Crippen molar-refractivity contribution in [1.29, 1.82) is 0 Å². The number of halogens is 4. The molecule has 0 aromatic rings. The van der Waals surface area contributed by atoms with Gasteiger partial charge in [-0.1, -0.05) is 45.4 Å². The predicted octanol–water partition coefficient (Wildman–Crippen LogP) is 4.57. The lowest BCUT2D eigenvalue weighted by molar-refractivity contribution is -0.239. The molecule has 2 nitrogen and oxygen atoms in total. The molecule has 0 saturated heterocycles. The lowest BCUT2D eigenvalue weighted by atomic mass is 9.96. The van der Waals surface area contributed by atoms with Gasteiger partial charge >= 0.3 is 17.8 Å². The highest BCUT2D eigenvalue weighted by Gasteiger charge is 2.62. The first-order valence-electron chi connectivity index (χ1n) is 6.63. The molecule has 0 rings (SSSR count). The molecule has 19 heavy (non-hydrogen) atoms. The van der Waals surface area contributed by atoms with Crippen LogP contribution in [0.3, 0.4) is 0 Å². The van der Waals surface area contributed by atoms with Gasteiger partial charge in [-0.05, 0) is 6.42 Å². The Labute approximate surface area is 111 Å². The fraction of sp³-hybridized carbons (Fsp3) is 0.923. The van der Waals surface area contributed by atoms with Gasteiger partial charge in [0.05, 0.1) is 7.11 Å². The van der Waals surface area contributed by atoms with Crippen LogP contribution in [-0.2, 0) is 9.53 Å². The van der Waals surface area contributed by atoms with Crippen molar-refractivity contribution >= 4 is 5.97 Å². The summed E-state index contributed by atoms with van der Waals surface area (Å²) < 4.78 is 55.3. The van der Waals surface area contributed by atoms with Crippen LogP contribution in [-0.4, -0.2) is 24.9 Å². The Bertz CT molecular complexity index is 266. The number of carbonyl (C=O) groups is 1. The molecule has 0 bridgehead atoms. The van der Waals surface area contributed by atoms with Crippen molar-refractivity contribution in [3.05, 3.63) is 0 Å². The van der Waals surface area contributed by atoms with E-state index in [-0.39, 0.29) is 6.42 Å². The van der Waals surface area contributed by atoms with Crippen molar-refractivity contribution in [2.45, 2.75) is 70.1 Å². The summed E-state index contributed by atoms with van der Waals surface area (Å²) in [7, 11) is 0.757. The number of hydrogen-bond acceptors (Lipinski definition) is 2. The van der Waals surface area contributed by atoms with Crippen molar-refractivity contribution < 1.29 is 27.1 Å². The first kappa shape index (κ1) is 18.2. The molecule has 0 fully saturated rings. The summed E-state index contributed by atoms with van der Waals surface area (Å²) >= 11 is 0. The highest BCUT2D eigenvalue weighted by atomic mass is 19.4. The number of hydrogen-bond donors (Lipinski definition) is 0. The topological polar surface area (TPSA) is 26.3 Å². The van der Waals surface area contributed by atoms with Gasteiger partial charge in [0.1, 0.15) is 0 Å². The van der Waals surface area contributed by atoms with E-state index in [0.29, 0.717) is 6.42 Å². The lowest BCUT2D eigenvalue weighted by Crippen LogP contribution is -2.48. The molecule has 0 aliphatic heterocycles. The number of alkyl halides is 4. The average Bonchev–Trinajstić information content (AvgIpc) is 2.35. The SMILES string of the molecule is CCCCCCCCCC(F)(C(=O)OC)C(F)(F)F. The van der Waals surface area contributed by atoms with Gasteiger partial charge in [-0.25, -0.2) is 9.18 Å². The minimum absolute atomic E-state index is 0.0250. The first-order chi connectivity index (χ1) is 8.79. The van der Waals surface area contributed by atoms with Crippen molar-refractivity contribution in [1.82, 2.24) is 0 Å². The first-order valence-corrected chi connectivity index (χ1v) is 6.63. The number of rotatable bonds is 9. The van der Waals surface area contributed by atoms with Crippen LogP contribution in [0.4, 0.5) is 17.6 Å². The van der Waals surface area contributed by atoms with E-state index in [0.717, 1.165) is 39.2 Å². The Kier molecular flexibility index (Phi) is 8.02. The molecular formula is C13H22F4O2. The fourth-order valence-electron chi connectivity index (χ4n) is 1.85. The minimum atomic E-state index is -5.22. The van der Waals surface area contributed by atoms with Crippen LogP contribution in [0.2, 0.25) is 0 Å². The minimum Gasteiger partial charge on any atom is -0.466 e. The van der Waals surface area contributed by atoms with Crippen LogP contribution in [0.1, 0.15) is 58.3 Å². The van der Waals surface area contributed by atoms with Gasteiger partial charge in [-0.2, -0.15) is 13.2 Å². The van der Waals surface area contributed by atoms with Gasteiger partial charge in [0, 0.05) is 6.42 Å². The molecular weight excluding hydrogens is 264 g/mol. The average molecular weight is 286 g/mol. The lowest BCUT2D eigenvalue weighted by Gasteiger charge is -2.25. The molecule has 6 heteroatoms. The highest BCUT2D eigenvalue weighted by Crippen LogP contribution is 2.39. The summed E-state index contributed by atoms with van der Waals surface area (Å²) in [5, 5.41) is 0. The summed E-state index contributed by atoms with van der Waals surface area (Å²) in [6.45, 7) is 2.07. The summed E-state index contributed by atoms with van der Waals surface area (Å²) in [5.74, 6) is -1.86. The maximum absolute atomic E-state index is 13.7. The monoisotopic (exact) mass is 286 g/mol. The zero-order valence-corrected chi connectivity index (χ0v) is 11.5. The maximum atomic E-state index is 13.7. The van der Waals surface area contributed by atoms with Crippen molar-refractivity contribution in [3.63, 3.8) is 0 Å². The third-order valence-electron chi connectivity index (χ3n) is 3.08. The molecule has 0 aromatic heterocycles. The van der Waals surface area contributed by atoms with Crippen LogP contribution < -0.4 is 0 Å². The molecule has 114 valence electrons. The molecule has 0 heterocycles. The van der Waals surface area contributed by atoms with E-state index >= 15 is 0 Å². The number of ether oxygens (including phenoxy) is 1. The number of carbonyl (C=O) groups excluding carboxylic acids is 1. The quantitative estimate of drug-likeness (QED) is 0.352. The molecule has 0 N–H and O–H groups in total. The summed E-state index contributed by atoms with van der Waals surface area (Å²) in [6, 6.07) is 0. The molecule has 0 spiro atoms. The number of esters is 1. The van der Waals surface area contributed by atoms with Gasteiger partial charge in [0.15, 0.2) is 0 Å². The predicted molar refractivity (Wildman–Crippen MR) is 64.5 cm³/mol. The van der Waals surface area contributed by atoms with E-state index in [1.165, 1.54) is 0 Å². The van der Waals surface area contributed by atoms with Crippen LogP contribution in [0.5, 0.6) is 0 Å². The molecule has 0 aliphatic rings. The van der Waals surface area contributed by atoms with Crippen LogP contribution in [0.25, 0.3) is 0 Å². The van der Waals surface area contributed by atoms with E-state index in [2.05, 4.69) is 11.7 Å². The van der Waals surface area contributed by atoms with E-state index in [1.54, 1.807) is 0 Å². The van der Waals surface area contributed by atoms with Gasteiger partial charge in [0.25, 0.3) is 0 Å². The largest absolute Gasteiger partial charge is 0.466 e. The second-order valence-electron chi connectivity index (χ2n) is 4.66. The number of methoxy groups -OCH3 is 1. The normalized spacial score (nSPS) is 15.1. The van der Waals surface area contributed by atoms with E-state index in [4.69, 9.17) is 0 Å². The number of unbranched alkanes of at least 4 members (excludes halogenated alkanes) is 6. The standard InChI is InChI=1S/C13H22F4O2/c1-3-4-5-6-7-8-9-10-12(14,11(18)19-2)13(15,16)17/h3-10H2,1-2H3. The van der Waals surface area contributed by atoms with E-state index in [1.807, 2.05) is 0 Å². The molecule has 0 aromatic carbocycles. The van der Waals surface area contributed by atoms with E-state index in [9.17, 15) is 22.4 Å². The van der Waals surface area contributed by atoms with Crippen LogP contribution in [0, 0.1) is 0 Å². The molecule has 0 radical (unpaired) electrons. The Hall–Kier alpha value is -0.810. The van der Waals surface area contributed by atoms with Gasteiger partial charge in [0.2, 0.25) is 0 Å². The zero-order valence-electron chi connectivity index (χ0n) is 11.5. The Balaban J connectivity index is 4.13. The smallest absolute Gasteiger partial charge is 0.433 e. The summed E-state index contributed by atoms with van der Waals surface area (Å²) in [6.07, 6.45) is -0.666. The second kappa shape index (κ2) is 8.38. The zero-order chi connectivity index (χ0) is 14.9. The molecule has 1 unspecified atom stereocenters. The van der Waals surface area contributed by atoms with Crippen molar-refractivity contribution in [2.24, 2.45) is 0 Å². The molecule has 1 atom stereocenters. The third-order valence-corrected chi connectivity index (χ3v) is 3.08. The summed E-state index contributed by atoms with van der Waals surface area (Å²) in [5.41, 5.74) is -3.87. The third kappa shape index (κ3) is 5.78.